The minimum absolute atomic E-state index is 0.344. The molecule has 0 atom stereocenters. The smallest absolute Gasteiger partial charge is 0.412 e. The van der Waals surface area contributed by atoms with Crippen molar-refractivity contribution in [1.29, 1.82) is 0 Å². The van der Waals surface area contributed by atoms with Crippen molar-refractivity contribution >= 4 is 34.2 Å². The molecule has 1 N–H and O–H groups in total. The van der Waals surface area contributed by atoms with Crippen LogP contribution in [0.1, 0.15) is 46.1 Å². The maximum absolute atomic E-state index is 12.0. The van der Waals surface area contributed by atoms with E-state index < -0.39 is 11.7 Å². The molecular weight excluding hydrogens is 300 g/mol. The Labute approximate surface area is 135 Å². The second kappa shape index (κ2) is 6.13. The summed E-state index contributed by atoms with van der Waals surface area (Å²) in [5.74, 6) is 0.344. The number of hydrogen-bond donors (Lipinski definition) is 1. The van der Waals surface area contributed by atoms with E-state index >= 15 is 0 Å². The average molecular weight is 321 g/mol. The molecule has 22 heavy (non-hydrogen) atoms. The predicted octanol–water partition coefficient (Wildman–Crippen LogP) is 5.36. The molecule has 0 fully saturated rings. The number of hydrogen-bond acceptors (Lipinski definition) is 3. The second-order valence-electron chi connectivity index (χ2n) is 6.54. The Balaban J connectivity index is 2.44. The van der Waals surface area contributed by atoms with Gasteiger partial charge in [0.05, 0.1) is 5.69 Å². The molecule has 0 aliphatic rings. The van der Waals surface area contributed by atoms with E-state index in [0.717, 1.165) is 16.3 Å². The summed E-state index contributed by atoms with van der Waals surface area (Å²) in [6, 6.07) is 5.69. The number of rotatable bonds is 2. The summed E-state index contributed by atoms with van der Waals surface area (Å²) in [5, 5.41) is 5.05. The Morgan fingerprint density at radius 1 is 1.27 bits per heavy atom. The van der Waals surface area contributed by atoms with Crippen LogP contribution in [0.5, 0.6) is 0 Å². The first-order valence-electron chi connectivity index (χ1n) is 7.25. The number of halogens is 1. The Kier molecular flexibility index (Phi) is 4.61. The zero-order valence-electron chi connectivity index (χ0n) is 13.5. The van der Waals surface area contributed by atoms with Gasteiger partial charge in [-0.15, -0.1) is 0 Å². The van der Waals surface area contributed by atoms with Gasteiger partial charge in [0.15, 0.2) is 0 Å². The Hall–Kier alpha value is -1.81. The van der Waals surface area contributed by atoms with Crippen molar-refractivity contribution in [2.75, 3.05) is 5.32 Å². The molecule has 0 radical (unpaired) electrons. The number of carbonyl (C=O) groups excluding carboxylic acids is 1. The molecule has 4 nitrogen and oxygen atoms in total. The third-order valence-corrected chi connectivity index (χ3v) is 3.37. The van der Waals surface area contributed by atoms with Gasteiger partial charge in [0.2, 0.25) is 0 Å². The lowest BCUT2D eigenvalue weighted by atomic mass is 9.96. The van der Waals surface area contributed by atoms with Crippen LogP contribution in [0.2, 0.25) is 5.15 Å². The number of fused-ring (bicyclic) bond motifs is 1. The highest BCUT2D eigenvalue weighted by molar-refractivity contribution is 6.30. The van der Waals surface area contributed by atoms with E-state index in [2.05, 4.69) is 24.1 Å². The number of aromatic nitrogens is 1. The molecule has 1 aromatic carbocycles. The Bertz CT molecular complexity index is 706. The Morgan fingerprint density at radius 2 is 1.95 bits per heavy atom. The number of ether oxygens (including phenoxy) is 1. The van der Waals surface area contributed by atoms with Gasteiger partial charge in [-0.1, -0.05) is 31.5 Å². The molecule has 0 unspecified atom stereocenters. The van der Waals surface area contributed by atoms with Gasteiger partial charge in [0, 0.05) is 11.6 Å². The molecular formula is C17H21ClN2O2. The van der Waals surface area contributed by atoms with Crippen LogP contribution >= 0.6 is 11.6 Å². The second-order valence-corrected chi connectivity index (χ2v) is 6.92. The van der Waals surface area contributed by atoms with Crippen LogP contribution < -0.4 is 5.32 Å². The number of nitrogens with zero attached hydrogens (tertiary/aromatic N) is 1. The van der Waals surface area contributed by atoms with Gasteiger partial charge >= 0.3 is 6.09 Å². The van der Waals surface area contributed by atoms with Crippen LogP contribution in [-0.2, 0) is 4.74 Å². The van der Waals surface area contributed by atoms with Crippen molar-refractivity contribution in [2.45, 2.75) is 46.1 Å². The quantitative estimate of drug-likeness (QED) is 0.758. The number of pyridine rings is 1. The molecule has 2 rings (SSSR count). The van der Waals surface area contributed by atoms with Crippen LogP contribution in [0.3, 0.4) is 0 Å². The number of benzene rings is 1. The van der Waals surface area contributed by atoms with Gasteiger partial charge in [-0.05, 0) is 49.8 Å². The largest absolute Gasteiger partial charge is 0.444 e. The molecule has 0 saturated carbocycles. The summed E-state index contributed by atoms with van der Waals surface area (Å²) in [4.78, 5) is 16.1. The first-order valence-corrected chi connectivity index (χ1v) is 7.63. The summed E-state index contributed by atoms with van der Waals surface area (Å²) >= 11 is 6.02. The molecule has 2 aromatic rings. The maximum Gasteiger partial charge on any atom is 0.412 e. The topological polar surface area (TPSA) is 51.2 Å². The molecule has 0 aliphatic carbocycles. The van der Waals surface area contributed by atoms with Crippen molar-refractivity contribution in [3.8, 4) is 0 Å². The van der Waals surface area contributed by atoms with E-state index in [9.17, 15) is 4.79 Å². The van der Waals surface area contributed by atoms with E-state index in [1.165, 1.54) is 0 Å². The van der Waals surface area contributed by atoms with Gasteiger partial charge < -0.3 is 4.74 Å². The number of amides is 1. The fraction of sp³-hybridized carbons (Fsp3) is 0.412. The molecule has 0 saturated heterocycles. The van der Waals surface area contributed by atoms with Crippen molar-refractivity contribution in [3.05, 3.63) is 35.1 Å². The van der Waals surface area contributed by atoms with Crippen LogP contribution in [-0.4, -0.2) is 16.7 Å². The average Bonchev–Trinajstić information content (AvgIpc) is 2.35. The zero-order chi connectivity index (χ0) is 16.5. The van der Waals surface area contributed by atoms with Gasteiger partial charge in [-0.2, -0.15) is 0 Å². The zero-order valence-corrected chi connectivity index (χ0v) is 14.3. The number of carbonyl (C=O) groups is 1. The van der Waals surface area contributed by atoms with Crippen molar-refractivity contribution in [3.63, 3.8) is 0 Å². The minimum atomic E-state index is -0.542. The summed E-state index contributed by atoms with van der Waals surface area (Å²) < 4.78 is 5.30. The molecule has 0 spiro atoms. The number of anilines is 1. The molecule has 118 valence electrons. The van der Waals surface area contributed by atoms with E-state index in [-0.39, 0.29) is 0 Å². The lowest BCUT2D eigenvalue weighted by Gasteiger charge is -2.20. The third kappa shape index (κ3) is 3.89. The fourth-order valence-corrected chi connectivity index (χ4v) is 2.42. The molecule has 1 aromatic heterocycles. The lowest BCUT2D eigenvalue weighted by Crippen LogP contribution is -2.27. The van der Waals surface area contributed by atoms with Gasteiger partial charge in [0.1, 0.15) is 10.8 Å². The van der Waals surface area contributed by atoms with Crippen molar-refractivity contribution < 1.29 is 9.53 Å². The first kappa shape index (κ1) is 16.6. The predicted molar refractivity (Wildman–Crippen MR) is 90.7 cm³/mol. The third-order valence-electron chi connectivity index (χ3n) is 3.16. The van der Waals surface area contributed by atoms with Crippen molar-refractivity contribution in [1.82, 2.24) is 4.98 Å². The first-order chi connectivity index (χ1) is 10.2. The molecule has 1 amide bonds. The van der Waals surface area contributed by atoms with Crippen LogP contribution in [0.15, 0.2) is 24.4 Å². The summed E-state index contributed by atoms with van der Waals surface area (Å²) in [7, 11) is 0. The normalized spacial score (nSPS) is 11.8. The standard InChI is InChI=1S/C17H21ClN2O2/c1-10(2)11-6-7-14(20-16(21)22-17(3,4)5)13-9-19-15(18)8-12(11)13/h6-10H,1-5H3,(H,20,21). The highest BCUT2D eigenvalue weighted by Crippen LogP contribution is 2.32. The highest BCUT2D eigenvalue weighted by atomic mass is 35.5. The summed E-state index contributed by atoms with van der Waals surface area (Å²) in [6.07, 6.45) is 1.19. The molecule has 5 heteroatoms. The molecule has 0 aliphatic heterocycles. The summed E-state index contributed by atoms with van der Waals surface area (Å²) in [6.45, 7) is 9.71. The van der Waals surface area contributed by atoms with Gasteiger partial charge in [-0.25, -0.2) is 9.78 Å². The van der Waals surface area contributed by atoms with Crippen LogP contribution in [0.4, 0.5) is 10.5 Å². The maximum atomic E-state index is 12.0. The van der Waals surface area contributed by atoms with Crippen molar-refractivity contribution in [2.24, 2.45) is 0 Å². The lowest BCUT2D eigenvalue weighted by molar-refractivity contribution is 0.0636. The fourth-order valence-electron chi connectivity index (χ4n) is 2.26. The van der Waals surface area contributed by atoms with Gasteiger partial charge in [-0.3, -0.25) is 5.32 Å². The number of nitrogens with one attached hydrogen (secondary N) is 1. The van der Waals surface area contributed by atoms with Gasteiger partial charge in [0.25, 0.3) is 0 Å². The Morgan fingerprint density at radius 3 is 2.55 bits per heavy atom. The SMILES string of the molecule is CC(C)c1ccc(NC(=O)OC(C)(C)C)c2cnc(Cl)cc12. The molecule has 1 heterocycles. The molecule has 0 bridgehead atoms. The minimum Gasteiger partial charge on any atom is -0.444 e. The van der Waals surface area contributed by atoms with E-state index in [1.54, 1.807) is 6.20 Å². The monoisotopic (exact) mass is 320 g/mol. The summed E-state index contributed by atoms with van der Waals surface area (Å²) in [5.41, 5.74) is 1.28. The van der Waals surface area contributed by atoms with Crippen LogP contribution in [0.25, 0.3) is 10.8 Å². The van der Waals surface area contributed by atoms with Crippen LogP contribution in [0, 0.1) is 0 Å². The van der Waals surface area contributed by atoms with E-state index in [0.29, 0.717) is 16.8 Å². The van der Waals surface area contributed by atoms with E-state index in [4.69, 9.17) is 16.3 Å². The van der Waals surface area contributed by atoms with E-state index in [1.807, 2.05) is 39.0 Å². The highest BCUT2D eigenvalue weighted by Gasteiger charge is 2.18.